The van der Waals surface area contributed by atoms with Crippen LogP contribution in [0, 0.1) is 0 Å². The van der Waals surface area contributed by atoms with Gasteiger partial charge in [0.2, 0.25) is 0 Å². The van der Waals surface area contributed by atoms with E-state index in [0.29, 0.717) is 5.56 Å². The molecule has 0 aromatic heterocycles. The SMILES string of the molecule is O=C(c1ccc(O)c(Cl)c1)N(CCO)CCO. The summed E-state index contributed by atoms with van der Waals surface area (Å²) < 4.78 is 0. The van der Waals surface area contributed by atoms with Crippen LogP contribution >= 0.6 is 11.6 Å². The molecule has 6 heteroatoms. The molecule has 3 N–H and O–H groups in total. The van der Waals surface area contributed by atoms with Crippen molar-refractivity contribution in [3.8, 4) is 5.75 Å². The van der Waals surface area contributed by atoms with E-state index in [1.54, 1.807) is 0 Å². The number of rotatable bonds is 5. The van der Waals surface area contributed by atoms with E-state index >= 15 is 0 Å². The number of aliphatic hydroxyl groups is 2. The van der Waals surface area contributed by atoms with E-state index in [1.807, 2.05) is 0 Å². The molecule has 17 heavy (non-hydrogen) atoms. The van der Waals surface area contributed by atoms with Gasteiger partial charge in [0.25, 0.3) is 5.91 Å². The highest BCUT2D eigenvalue weighted by Gasteiger charge is 2.15. The van der Waals surface area contributed by atoms with Crippen LogP contribution in [0.4, 0.5) is 0 Å². The molecule has 0 fully saturated rings. The number of aliphatic hydroxyl groups excluding tert-OH is 2. The number of aromatic hydroxyl groups is 1. The average molecular weight is 260 g/mol. The first-order valence-corrected chi connectivity index (χ1v) is 5.47. The van der Waals surface area contributed by atoms with Crippen LogP contribution in [0.1, 0.15) is 10.4 Å². The second kappa shape index (κ2) is 6.44. The topological polar surface area (TPSA) is 81.0 Å². The van der Waals surface area contributed by atoms with Gasteiger partial charge in [0.1, 0.15) is 5.75 Å². The van der Waals surface area contributed by atoms with Crippen molar-refractivity contribution in [2.75, 3.05) is 26.3 Å². The number of amides is 1. The van der Waals surface area contributed by atoms with Gasteiger partial charge in [0.05, 0.1) is 18.2 Å². The monoisotopic (exact) mass is 259 g/mol. The molecule has 0 aliphatic rings. The van der Waals surface area contributed by atoms with Crippen molar-refractivity contribution in [2.45, 2.75) is 0 Å². The Kier molecular flexibility index (Phi) is 5.21. The van der Waals surface area contributed by atoms with Gasteiger partial charge in [-0.2, -0.15) is 0 Å². The molecule has 1 amide bonds. The summed E-state index contributed by atoms with van der Waals surface area (Å²) in [4.78, 5) is 13.3. The molecule has 0 aliphatic carbocycles. The van der Waals surface area contributed by atoms with Gasteiger partial charge >= 0.3 is 0 Å². The third-order valence-corrected chi connectivity index (χ3v) is 2.52. The Morgan fingerprint density at radius 1 is 1.24 bits per heavy atom. The number of phenols is 1. The smallest absolute Gasteiger partial charge is 0.254 e. The fraction of sp³-hybridized carbons (Fsp3) is 0.364. The second-order valence-electron chi connectivity index (χ2n) is 3.41. The van der Waals surface area contributed by atoms with Crippen molar-refractivity contribution in [2.24, 2.45) is 0 Å². The summed E-state index contributed by atoms with van der Waals surface area (Å²) in [5, 5.41) is 27.0. The van der Waals surface area contributed by atoms with Crippen molar-refractivity contribution >= 4 is 17.5 Å². The minimum absolute atomic E-state index is 0.0868. The highest BCUT2D eigenvalue weighted by atomic mass is 35.5. The third kappa shape index (κ3) is 3.59. The highest BCUT2D eigenvalue weighted by molar-refractivity contribution is 6.32. The molecule has 1 aromatic carbocycles. The Labute approximate surface area is 104 Å². The van der Waals surface area contributed by atoms with E-state index in [-0.39, 0.29) is 43.0 Å². The zero-order valence-electron chi connectivity index (χ0n) is 9.14. The fourth-order valence-electron chi connectivity index (χ4n) is 1.38. The quantitative estimate of drug-likeness (QED) is 0.718. The van der Waals surface area contributed by atoms with Crippen LogP contribution in [0.2, 0.25) is 5.02 Å². The Bertz CT molecular complexity index is 391. The summed E-state index contributed by atoms with van der Waals surface area (Å²) in [6.45, 7) is -0.0924. The number of hydrogen-bond donors (Lipinski definition) is 3. The van der Waals surface area contributed by atoms with Gasteiger partial charge in [0.15, 0.2) is 0 Å². The Morgan fingerprint density at radius 2 is 1.82 bits per heavy atom. The third-order valence-electron chi connectivity index (χ3n) is 2.22. The average Bonchev–Trinajstić information content (AvgIpc) is 2.31. The molecule has 5 nitrogen and oxygen atoms in total. The van der Waals surface area contributed by atoms with E-state index in [1.165, 1.54) is 23.1 Å². The summed E-state index contributed by atoms with van der Waals surface area (Å²) in [7, 11) is 0. The van der Waals surface area contributed by atoms with E-state index < -0.39 is 0 Å². The van der Waals surface area contributed by atoms with Crippen LogP contribution in [0.25, 0.3) is 0 Å². The molecule has 0 atom stereocenters. The van der Waals surface area contributed by atoms with E-state index in [2.05, 4.69) is 0 Å². The van der Waals surface area contributed by atoms with Gasteiger partial charge in [-0.25, -0.2) is 0 Å². The van der Waals surface area contributed by atoms with Crippen molar-refractivity contribution in [1.29, 1.82) is 0 Å². The summed E-state index contributed by atoms with van der Waals surface area (Å²) in [5.74, 6) is -0.450. The lowest BCUT2D eigenvalue weighted by Gasteiger charge is -2.20. The normalized spacial score (nSPS) is 10.3. The Hall–Kier alpha value is -1.30. The predicted octanol–water partition coefficient (Wildman–Crippen LogP) is 0.472. The van der Waals surface area contributed by atoms with Crippen molar-refractivity contribution in [1.82, 2.24) is 4.90 Å². The molecular weight excluding hydrogens is 246 g/mol. The minimum Gasteiger partial charge on any atom is -0.506 e. The zero-order valence-corrected chi connectivity index (χ0v) is 9.89. The van der Waals surface area contributed by atoms with Crippen molar-refractivity contribution in [3.63, 3.8) is 0 Å². The number of carbonyl (C=O) groups excluding carboxylic acids is 1. The van der Waals surface area contributed by atoms with Gasteiger partial charge in [-0.1, -0.05) is 11.6 Å². The van der Waals surface area contributed by atoms with Crippen LogP contribution in [0.5, 0.6) is 5.75 Å². The maximum atomic E-state index is 12.0. The summed E-state index contributed by atoms with van der Waals surface area (Å²) in [5.41, 5.74) is 0.301. The van der Waals surface area contributed by atoms with Gasteiger partial charge in [-0.3, -0.25) is 4.79 Å². The first-order valence-electron chi connectivity index (χ1n) is 5.09. The van der Waals surface area contributed by atoms with Crippen LogP contribution in [0.15, 0.2) is 18.2 Å². The van der Waals surface area contributed by atoms with Gasteiger partial charge in [0, 0.05) is 18.7 Å². The molecule has 1 rings (SSSR count). The molecule has 0 bridgehead atoms. The molecule has 0 saturated carbocycles. The standard InChI is InChI=1S/C11H14ClNO4/c12-9-7-8(1-2-10(9)16)11(17)13(3-5-14)4-6-15/h1-2,7,14-16H,3-6H2. The van der Waals surface area contributed by atoms with Crippen molar-refractivity contribution in [3.05, 3.63) is 28.8 Å². The van der Waals surface area contributed by atoms with Gasteiger partial charge in [-0.15, -0.1) is 0 Å². The first-order chi connectivity index (χ1) is 8.10. The van der Waals surface area contributed by atoms with Crippen LogP contribution in [-0.4, -0.2) is 52.4 Å². The zero-order chi connectivity index (χ0) is 12.8. The molecule has 1 aromatic rings. The van der Waals surface area contributed by atoms with E-state index in [9.17, 15) is 9.90 Å². The molecule has 0 spiro atoms. The number of benzene rings is 1. The maximum Gasteiger partial charge on any atom is 0.254 e. The maximum absolute atomic E-state index is 12.0. The number of nitrogens with zero attached hydrogens (tertiary/aromatic N) is 1. The highest BCUT2D eigenvalue weighted by Crippen LogP contribution is 2.24. The van der Waals surface area contributed by atoms with Crippen LogP contribution < -0.4 is 0 Å². The number of halogens is 1. The molecule has 94 valence electrons. The fourth-order valence-corrected chi connectivity index (χ4v) is 1.56. The molecule has 0 saturated heterocycles. The summed E-state index contributed by atoms with van der Waals surface area (Å²) in [6.07, 6.45) is 0. The predicted molar refractivity (Wildman–Crippen MR) is 63.2 cm³/mol. The lowest BCUT2D eigenvalue weighted by atomic mass is 10.2. The first kappa shape index (κ1) is 13.8. The minimum atomic E-state index is -0.352. The van der Waals surface area contributed by atoms with Gasteiger partial charge < -0.3 is 20.2 Å². The Morgan fingerprint density at radius 3 is 2.29 bits per heavy atom. The van der Waals surface area contributed by atoms with Crippen LogP contribution in [0.3, 0.4) is 0 Å². The number of carbonyl (C=O) groups is 1. The number of hydrogen-bond acceptors (Lipinski definition) is 4. The van der Waals surface area contributed by atoms with E-state index in [0.717, 1.165) is 0 Å². The molecular formula is C11H14ClNO4. The second-order valence-corrected chi connectivity index (χ2v) is 3.81. The lowest BCUT2D eigenvalue weighted by molar-refractivity contribution is 0.0685. The van der Waals surface area contributed by atoms with E-state index in [4.69, 9.17) is 21.8 Å². The van der Waals surface area contributed by atoms with Crippen molar-refractivity contribution < 1.29 is 20.1 Å². The Balaban J connectivity index is 2.88. The molecule has 0 aliphatic heterocycles. The van der Waals surface area contributed by atoms with Crippen LogP contribution in [-0.2, 0) is 0 Å². The largest absolute Gasteiger partial charge is 0.506 e. The molecule has 0 unspecified atom stereocenters. The summed E-state index contributed by atoms with van der Waals surface area (Å²) >= 11 is 5.70. The number of phenolic OH excluding ortho intramolecular Hbond substituents is 1. The van der Waals surface area contributed by atoms with Gasteiger partial charge in [-0.05, 0) is 18.2 Å². The molecule has 0 radical (unpaired) electrons. The lowest BCUT2D eigenvalue weighted by Crippen LogP contribution is -2.35. The molecule has 0 heterocycles. The summed E-state index contributed by atoms with van der Waals surface area (Å²) in [6, 6.07) is 4.11.